The summed E-state index contributed by atoms with van der Waals surface area (Å²) in [6, 6.07) is 7.36. The van der Waals surface area contributed by atoms with E-state index in [1.807, 2.05) is 24.3 Å². The predicted octanol–water partition coefficient (Wildman–Crippen LogP) is 1.94. The van der Waals surface area contributed by atoms with E-state index >= 15 is 0 Å². The molecule has 0 aliphatic carbocycles. The van der Waals surface area contributed by atoms with Crippen LogP contribution in [0.3, 0.4) is 0 Å². The highest BCUT2D eigenvalue weighted by molar-refractivity contribution is 5.93. The third kappa shape index (κ3) is 3.92. The second kappa shape index (κ2) is 7.04. The van der Waals surface area contributed by atoms with Crippen molar-refractivity contribution < 1.29 is 19.4 Å². The largest absolute Gasteiger partial charge is 0.481 e. The maximum Gasteiger partial charge on any atom is 0.338 e. The highest BCUT2D eigenvalue weighted by atomic mass is 16.5. The fourth-order valence-corrected chi connectivity index (χ4v) is 2.41. The molecule has 1 saturated heterocycles. The number of nitrogens with one attached hydrogen (secondary N) is 1. The molecule has 5 heteroatoms. The first-order chi connectivity index (χ1) is 10.1. The Bertz CT molecular complexity index is 545. The van der Waals surface area contributed by atoms with Gasteiger partial charge in [0.25, 0.3) is 0 Å². The zero-order chi connectivity index (χ0) is 15.2. The Morgan fingerprint density at radius 2 is 2.10 bits per heavy atom. The van der Waals surface area contributed by atoms with Crippen LogP contribution in [0, 0.1) is 5.92 Å². The first-order valence-corrected chi connectivity index (χ1v) is 6.93. The van der Waals surface area contributed by atoms with Gasteiger partial charge in [0.15, 0.2) is 0 Å². The molecule has 2 rings (SSSR count). The van der Waals surface area contributed by atoms with Crippen LogP contribution in [0.5, 0.6) is 0 Å². The quantitative estimate of drug-likeness (QED) is 0.828. The molecule has 1 fully saturated rings. The van der Waals surface area contributed by atoms with E-state index in [2.05, 4.69) is 5.32 Å². The molecule has 0 aromatic heterocycles. The fraction of sp³-hybridized carbons (Fsp3) is 0.375. The standard InChI is InChI=1S/C16H19NO4/c1-21-16(20)14-5-3-2-4-11(14)6-8-13-9-7-12(10-17-13)15(18)19/h2-6,8,12-13,17H,7,9-10H2,1H3,(H,18,19). The van der Waals surface area contributed by atoms with Gasteiger partial charge in [0, 0.05) is 12.6 Å². The number of esters is 1. The van der Waals surface area contributed by atoms with Crippen LogP contribution in [0.4, 0.5) is 0 Å². The van der Waals surface area contributed by atoms with E-state index in [1.54, 1.807) is 12.1 Å². The van der Waals surface area contributed by atoms with Gasteiger partial charge in [-0.1, -0.05) is 30.4 Å². The lowest BCUT2D eigenvalue weighted by Gasteiger charge is -2.25. The Kier molecular flexibility index (Phi) is 5.11. The van der Waals surface area contributed by atoms with E-state index in [-0.39, 0.29) is 17.9 Å². The molecule has 2 atom stereocenters. The highest BCUT2D eigenvalue weighted by Gasteiger charge is 2.24. The molecule has 0 spiro atoms. The summed E-state index contributed by atoms with van der Waals surface area (Å²) in [5, 5.41) is 12.1. The van der Waals surface area contributed by atoms with Crippen LogP contribution < -0.4 is 5.32 Å². The highest BCUT2D eigenvalue weighted by Crippen LogP contribution is 2.17. The van der Waals surface area contributed by atoms with Crippen molar-refractivity contribution in [3.63, 3.8) is 0 Å². The van der Waals surface area contributed by atoms with Crippen molar-refractivity contribution >= 4 is 18.0 Å². The van der Waals surface area contributed by atoms with Crippen LogP contribution in [-0.4, -0.2) is 36.7 Å². The number of methoxy groups -OCH3 is 1. The van der Waals surface area contributed by atoms with Crippen LogP contribution in [-0.2, 0) is 9.53 Å². The first-order valence-electron chi connectivity index (χ1n) is 6.93. The molecule has 0 bridgehead atoms. The van der Waals surface area contributed by atoms with Gasteiger partial charge in [-0.05, 0) is 24.5 Å². The molecule has 1 aliphatic rings. The van der Waals surface area contributed by atoms with Gasteiger partial charge in [0.2, 0.25) is 0 Å². The number of carboxylic acids is 1. The van der Waals surface area contributed by atoms with Crippen LogP contribution >= 0.6 is 0 Å². The van der Waals surface area contributed by atoms with E-state index in [9.17, 15) is 9.59 Å². The Balaban J connectivity index is 2.02. The van der Waals surface area contributed by atoms with E-state index < -0.39 is 5.97 Å². The van der Waals surface area contributed by atoms with E-state index in [4.69, 9.17) is 9.84 Å². The lowest BCUT2D eigenvalue weighted by Crippen LogP contribution is -2.40. The molecule has 1 heterocycles. The minimum atomic E-state index is -0.749. The number of rotatable bonds is 4. The number of aliphatic carboxylic acids is 1. The van der Waals surface area contributed by atoms with E-state index in [0.29, 0.717) is 18.5 Å². The van der Waals surface area contributed by atoms with Crippen molar-refractivity contribution in [1.29, 1.82) is 0 Å². The number of piperidine rings is 1. The topological polar surface area (TPSA) is 75.6 Å². The number of benzene rings is 1. The minimum Gasteiger partial charge on any atom is -0.481 e. The number of hydrogen-bond donors (Lipinski definition) is 2. The van der Waals surface area contributed by atoms with Crippen LogP contribution in [0.1, 0.15) is 28.8 Å². The van der Waals surface area contributed by atoms with Gasteiger partial charge in [0.1, 0.15) is 0 Å². The van der Waals surface area contributed by atoms with Gasteiger partial charge in [-0.15, -0.1) is 0 Å². The molecule has 1 aliphatic heterocycles. The molecule has 0 amide bonds. The van der Waals surface area contributed by atoms with Crippen molar-refractivity contribution in [2.45, 2.75) is 18.9 Å². The molecule has 5 nitrogen and oxygen atoms in total. The lowest BCUT2D eigenvalue weighted by atomic mass is 9.94. The van der Waals surface area contributed by atoms with Gasteiger partial charge in [-0.2, -0.15) is 0 Å². The average Bonchev–Trinajstić information content (AvgIpc) is 2.52. The fourth-order valence-electron chi connectivity index (χ4n) is 2.41. The zero-order valence-electron chi connectivity index (χ0n) is 11.9. The molecule has 0 saturated carbocycles. The summed E-state index contributed by atoms with van der Waals surface area (Å²) in [5.74, 6) is -1.42. The lowest BCUT2D eigenvalue weighted by molar-refractivity contribution is -0.142. The van der Waals surface area contributed by atoms with E-state index in [0.717, 1.165) is 12.0 Å². The van der Waals surface area contributed by atoms with Crippen molar-refractivity contribution in [2.75, 3.05) is 13.7 Å². The second-order valence-electron chi connectivity index (χ2n) is 5.07. The number of carbonyl (C=O) groups excluding carboxylic acids is 1. The average molecular weight is 289 g/mol. The van der Waals surface area contributed by atoms with Crippen molar-refractivity contribution in [3.8, 4) is 0 Å². The molecule has 21 heavy (non-hydrogen) atoms. The summed E-state index contributed by atoms with van der Waals surface area (Å²) in [4.78, 5) is 22.5. The third-order valence-corrected chi connectivity index (χ3v) is 3.68. The summed E-state index contributed by atoms with van der Waals surface area (Å²) in [5.41, 5.74) is 1.32. The smallest absolute Gasteiger partial charge is 0.338 e. The van der Waals surface area contributed by atoms with Gasteiger partial charge in [-0.25, -0.2) is 4.79 Å². The van der Waals surface area contributed by atoms with Gasteiger partial charge in [0.05, 0.1) is 18.6 Å². The number of ether oxygens (including phenoxy) is 1. The van der Waals surface area contributed by atoms with Gasteiger partial charge >= 0.3 is 11.9 Å². The summed E-state index contributed by atoms with van der Waals surface area (Å²) in [7, 11) is 1.36. The molecule has 0 radical (unpaired) electrons. The Hall–Kier alpha value is -2.14. The van der Waals surface area contributed by atoms with E-state index in [1.165, 1.54) is 7.11 Å². The number of carbonyl (C=O) groups is 2. The molecule has 1 aromatic carbocycles. The summed E-state index contributed by atoms with van der Waals surface area (Å²) < 4.78 is 4.76. The van der Waals surface area contributed by atoms with Crippen molar-refractivity contribution in [3.05, 3.63) is 41.5 Å². The molecule has 2 N–H and O–H groups in total. The maximum atomic E-state index is 11.7. The first kappa shape index (κ1) is 15.3. The SMILES string of the molecule is COC(=O)c1ccccc1C=CC1CCC(C(=O)O)CN1. The molecular weight excluding hydrogens is 270 g/mol. The number of carboxylic acid groups (broad SMARTS) is 1. The second-order valence-corrected chi connectivity index (χ2v) is 5.07. The molecule has 2 unspecified atom stereocenters. The number of hydrogen-bond acceptors (Lipinski definition) is 4. The molecule has 1 aromatic rings. The molecule has 112 valence electrons. The summed E-state index contributed by atoms with van der Waals surface area (Å²) >= 11 is 0. The predicted molar refractivity (Wildman–Crippen MR) is 79.0 cm³/mol. The monoisotopic (exact) mass is 289 g/mol. The van der Waals surface area contributed by atoms with Crippen LogP contribution in [0.2, 0.25) is 0 Å². The zero-order valence-corrected chi connectivity index (χ0v) is 11.9. The Morgan fingerprint density at radius 1 is 1.33 bits per heavy atom. The maximum absolute atomic E-state index is 11.7. The van der Waals surface area contributed by atoms with Gasteiger partial charge in [-0.3, -0.25) is 4.79 Å². The Labute approximate surface area is 123 Å². The minimum absolute atomic E-state index is 0.131. The summed E-state index contributed by atoms with van der Waals surface area (Å²) in [6.07, 6.45) is 5.29. The van der Waals surface area contributed by atoms with Crippen molar-refractivity contribution in [1.82, 2.24) is 5.32 Å². The van der Waals surface area contributed by atoms with Crippen LogP contribution in [0.25, 0.3) is 6.08 Å². The van der Waals surface area contributed by atoms with Crippen LogP contribution in [0.15, 0.2) is 30.3 Å². The molecular formula is C16H19NO4. The Morgan fingerprint density at radius 3 is 2.71 bits per heavy atom. The summed E-state index contributed by atoms with van der Waals surface area (Å²) in [6.45, 7) is 0.475. The van der Waals surface area contributed by atoms with Gasteiger partial charge < -0.3 is 15.2 Å². The normalized spacial score (nSPS) is 22.1. The van der Waals surface area contributed by atoms with Crippen molar-refractivity contribution in [2.24, 2.45) is 5.92 Å². The third-order valence-electron chi connectivity index (χ3n) is 3.68.